The number of ether oxygens (including phenoxy) is 2. The second-order valence-electron chi connectivity index (χ2n) is 5.77. The zero-order chi connectivity index (χ0) is 17.4. The molecule has 0 aliphatic heterocycles. The van der Waals surface area contributed by atoms with Crippen LogP contribution in [0.1, 0.15) is 10.4 Å². The van der Waals surface area contributed by atoms with Crippen LogP contribution in [0.3, 0.4) is 0 Å². The molecule has 0 aliphatic carbocycles. The van der Waals surface area contributed by atoms with Crippen LogP contribution in [-0.4, -0.2) is 24.7 Å². The molecule has 1 aromatic heterocycles. The van der Waals surface area contributed by atoms with Gasteiger partial charge in [0.05, 0.1) is 25.3 Å². The lowest BCUT2D eigenvalue weighted by atomic mass is 10.1. The van der Waals surface area contributed by atoms with Crippen molar-refractivity contribution in [3.05, 3.63) is 72.3 Å². The van der Waals surface area contributed by atoms with Crippen molar-refractivity contribution in [3.63, 3.8) is 0 Å². The molecule has 3 aromatic carbocycles. The summed E-state index contributed by atoms with van der Waals surface area (Å²) in [6.07, 6.45) is 0. The summed E-state index contributed by atoms with van der Waals surface area (Å²) in [5, 5.41) is 2.07. The van der Waals surface area contributed by atoms with Gasteiger partial charge in [-0.05, 0) is 42.5 Å². The highest BCUT2D eigenvalue weighted by atomic mass is 16.5. The molecule has 0 atom stereocenters. The Hall–Kier alpha value is -3.27. The average Bonchev–Trinajstić information content (AvgIpc) is 3.01. The lowest BCUT2D eigenvalue weighted by Crippen LogP contribution is -2.11. The summed E-state index contributed by atoms with van der Waals surface area (Å²) in [6, 6.07) is 20.9. The minimum Gasteiger partial charge on any atom is -0.497 e. The molecule has 0 spiro atoms. The molecule has 25 heavy (non-hydrogen) atoms. The molecule has 4 nitrogen and oxygen atoms in total. The number of carbonyl (C=O) groups excluding carboxylic acids is 1. The first-order chi connectivity index (χ1) is 12.2. The maximum atomic E-state index is 13.2. The standard InChI is InChI=1S/C21H17NO3/c1-24-15-9-7-14(8-10-15)21(23)22-19-6-4-3-5-17(19)18-12-11-16(25-2)13-20(18)22/h3-13H,1-2H3. The smallest absolute Gasteiger partial charge is 0.262 e. The van der Waals surface area contributed by atoms with Crippen molar-refractivity contribution < 1.29 is 14.3 Å². The number of aromatic nitrogens is 1. The number of hydrogen-bond donors (Lipinski definition) is 0. The lowest BCUT2D eigenvalue weighted by molar-refractivity contribution is 0.0969. The summed E-state index contributed by atoms with van der Waals surface area (Å²) < 4.78 is 12.3. The number of benzene rings is 3. The topological polar surface area (TPSA) is 40.5 Å². The molecule has 0 radical (unpaired) electrons. The fraction of sp³-hybridized carbons (Fsp3) is 0.0952. The second kappa shape index (κ2) is 5.98. The Kier molecular flexibility index (Phi) is 3.65. The molecule has 4 heteroatoms. The van der Waals surface area contributed by atoms with Crippen LogP contribution in [0.5, 0.6) is 11.5 Å². The zero-order valence-corrected chi connectivity index (χ0v) is 14.0. The second-order valence-corrected chi connectivity index (χ2v) is 5.77. The van der Waals surface area contributed by atoms with Crippen molar-refractivity contribution >= 4 is 27.7 Å². The van der Waals surface area contributed by atoms with Gasteiger partial charge in [-0.25, -0.2) is 0 Å². The highest BCUT2D eigenvalue weighted by molar-refractivity contribution is 6.16. The van der Waals surface area contributed by atoms with E-state index >= 15 is 0 Å². The Morgan fingerprint density at radius 1 is 0.760 bits per heavy atom. The molecule has 0 bridgehead atoms. The molecule has 4 rings (SSSR count). The third-order valence-electron chi connectivity index (χ3n) is 4.42. The molecule has 0 fully saturated rings. The first kappa shape index (κ1) is 15.3. The van der Waals surface area contributed by atoms with E-state index in [2.05, 4.69) is 0 Å². The van der Waals surface area contributed by atoms with E-state index in [9.17, 15) is 4.79 Å². The summed E-state index contributed by atoms with van der Waals surface area (Å²) in [7, 11) is 3.23. The third-order valence-corrected chi connectivity index (χ3v) is 4.42. The molecule has 0 saturated heterocycles. The molecule has 124 valence electrons. The van der Waals surface area contributed by atoms with Crippen molar-refractivity contribution in [1.29, 1.82) is 0 Å². The van der Waals surface area contributed by atoms with Crippen LogP contribution in [0.4, 0.5) is 0 Å². The lowest BCUT2D eigenvalue weighted by Gasteiger charge is -2.08. The van der Waals surface area contributed by atoms with E-state index < -0.39 is 0 Å². The van der Waals surface area contributed by atoms with Gasteiger partial charge in [0.25, 0.3) is 5.91 Å². The SMILES string of the molecule is COc1ccc(C(=O)n2c3ccccc3c3ccc(OC)cc32)cc1. The van der Waals surface area contributed by atoms with Crippen LogP contribution in [0, 0.1) is 0 Å². The van der Waals surface area contributed by atoms with Gasteiger partial charge in [0, 0.05) is 22.4 Å². The van der Waals surface area contributed by atoms with Gasteiger partial charge >= 0.3 is 0 Å². The Balaban J connectivity index is 1.98. The van der Waals surface area contributed by atoms with Crippen LogP contribution in [-0.2, 0) is 0 Å². The molecule has 1 heterocycles. The number of fused-ring (bicyclic) bond motifs is 3. The van der Waals surface area contributed by atoms with E-state index in [0.717, 1.165) is 33.3 Å². The van der Waals surface area contributed by atoms with Gasteiger partial charge in [-0.15, -0.1) is 0 Å². The highest BCUT2D eigenvalue weighted by Crippen LogP contribution is 2.32. The van der Waals surface area contributed by atoms with Crippen LogP contribution in [0.2, 0.25) is 0 Å². The van der Waals surface area contributed by atoms with E-state index in [-0.39, 0.29) is 5.91 Å². The molecule has 4 aromatic rings. The molecule has 0 N–H and O–H groups in total. The monoisotopic (exact) mass is 331 g/mol. The summed E-state index contributed by atoms with van der Waals surface area (Å²) in [4.78, 5) is 13.2. The van der Waals surface area contributed by atoms with Crippen molar-refractivity contribution in [2.75, 3.05) is 14.2 Å². The predicted octanol–water partition coefficient (Wildman–Crippen LogP) is 4.50. The van der Waals surface area contributed by atoms with Crippen molar-refractivity contribution in [3.8, 4) is 11.5 Å². The minimum absolute atomic E-state index is 0.0814. The number of hydrogen-bond acceptors (Lipinski definition) is 3. The van der Waals surface area contributed by atoms with Crippen LogP contribution in [0.15, 0.2) is 66.7 Å². The van der Waals surface area contributed by atoms with Gasteiger partial charge in [-0.3, -0.25) is 9.36 Å². The Morgan fingerprint density at radius 2 is 1.40 bits per heavy atom. The Labute approximate surface area is 145 Å². The van der Waals surface area contributed by atoms with E-state index in [4.69, 9.17) is 9.47 Å². The van der Waals surface area contributed by atoms with Gasteiger partial charge in [0.15, 0.2) is 0 Å². The quantitative estimate of drug-likeness (QED) is 0.555. The molecule has 0 saturated carbocycles. The summed E-state index contributed by atoms with van der Waals surface area (Å²) in [5.41, 5.74) is 2.32. The molecule has 0 unspecified atom stereocenters. The Morgan fingerprint density at radius 3 is 2.12 bits per heavy atom. The van der Waals surface area contributed by atoms with Gasteiger partial charge in [0.2, 0.25) is 0 Å². The fourth-order valence-electron chi connectivity index (χ4n) is 3.16. The molecule has 0 amide bonds. The first-order valence-electron chi connectivity index (χ1n) is 7.99. The average molecular weight is 331 g/mol. The summed E-state index contributed by atoms with van der Waals surface area (Å²) in [5.74, 6) is 1.36. The summed E-state index contributed by atoms with van der Waals surface area (Å²) >= 11 is 0. The van der Waals surface area contributed by atoms with Crippen LogP contribution >= 0.6 is 0 Å². The maximum absolute atomic E-state index is 13.2. The number of nitrogens with zero attached hydrogens (tertiary/aromatic N) is 1. The minimum atomic E-state index is -0.0814. The van der Waals surface area contributed by atoms with Crippen LogP contribution in [0.25, 0.3) is 21.8 Å². The Bertz CT molecular complexity index is 1080. The summed E-state index contributed by atoms with van der Waals surface area (Å²) in [6.45, 7) is 0. The van der Waals surface area contributed by atoms with Crippen molar-refractivity contribution in [2.45, 2.75) is 0 Å². The maximum Gasteiger partial charge on any atom is 0.262 e. The third kappa shape index (κ3) is 2.43. The number of rotatable bonds is 3. The van der Waals surface area contributed by atoms with Crippen molar-refractivity contribution in [1.82, 2.24) is 4.57 Å². The number of para-hydroxylation sites is 1. The number of carbonyl (C=O) groups is 1. The van der Waals surface area contributed by atoms with E-state index in [1.807, 2.05) is 42.5 Å². The molecular weight excluding hydrogens is 314 g/mol. The highest BCUT2D eigenvalue weighted by Gasteiger charge is 2.17. The van der Waals surface area contributed by atoms with E-state index in [1.165, 1.54) is 0 Å². The van der Waals surface area contributed by atoms with Gasteiger partial charge < -0.3 is 9.47 Å². The fourth-order valence-corrected chi connectivity index (χ4v) is 3.16. The van der Waals surface area contributed by atoms with E-state index in [1.54, 1.807) is 43.1 Å². The largest absolute Gasteiger partial charge is 0.497 e. The van der Waals surface area contributed by atoms with Crippen molar-refractivity contribution in [2.24, 2.45) is 0 Å². The predicted molar refractivity (Wildman–Crippen MR) is 98.7 cm³/mol. The normalized spacial score (nSPS) is 11.0. The van der Waals surface area contributed by atoms with Gasteiger partial charge in [-0.2, -0.15) is 0 Å². The number of methoxy groups -OCH3 is 2. The van der Waals surface area contributed by atoms with Gasteiger partial charge in [-0.1, -0.05) is 18.2 Å². The molecule has 0 aliphatic rings. The molecular formula is C21H17NO3. The zero-order valence-electron chi connectivity index (χ0n) is 14.0. The van der Waals surface area contributed by atoms with Gasteiger partial charge in [0.1, 0.15) is 11.5 Å². The van der Waals surface area contributed by atoms with E-state index in [0.29, 0.717) is 5.56 Å². The van der Waals surface area contributed by atoms with Crippen LogP contribution < -0.4 is 9.47 Å². The first-order valence-corrected chi connectivity index (χ1v) is 7.99.